The Bertz CT molecular complexity index is 808. The van der Waals surface area contributed by atoms with Crippen molar-refractivity contribution in [1.29, 1.82) is 0 Å². The number of rotatable bonds is 9. The SMILES string of the molecule is C#Cc1ccccc1C(C(=O)NC(C)CCC)N(CC)C(=O)CNC(=O)OC(C)(C)C. The molecule has 0 saturated carbocycles. The zero-order valence-corrected chi connectivity index (χ0v) is 19.5. The van der Waals surface area contributed by atoms with E-state index in [1.54, 1.807) is 52.0 Å². The molecule has 0 aromatic heterocycles. The van der Waals surface area contributed by atoms with Crippen LogP contribution in [0.25, 0.3) is 0 Å². The van der Waals surface area contributed by atoms with Crippen molar-refractivity contribution in [3.63, 3.8) is 0 Å². The summed E-state index contributed by atoms with van der Waals surface area (Å²) in [4.78, 5) is 39.6. The Morgan fingerprint density at radius 2 is 1.84 bits per heavy atom. The van der Waals surface area contributed by atoms with E-state index in [1.165, 1.54) is 4.90 Å². The van der Waals surface area contributed by atoms with E-state index in [4.69, 9.17) is 11.2 Å². The van der Waals surface area contributed by atoms with E-state index >= 15 is 0 Å². The minimum absolute atomic E-state index is 0.0494. The molecule has 0 saturated heterocycles. The van der Waals surface area contributed by atoms with Gasteiger partial charge in [0.15, 0.2) is 0 Å². The number of hydrogen-bond acceptors (Lipinski definition) is 4. The van der Waals surface area contributed by atoms with Gasteiger partial charge in [-0.15, -0.1) is 6.42 Å². The van der Waals surface area contributed by atoms with E-state index in [0.717, 1.165) is 12.8 Å². The van der Waals surface area contributed by atoms with E-state index in [2.05, 4.69) is 16.6 Å². The molecule has 1 aromatic rings. The molecule has 7 heteroatoms. The number of carbonyl (C=O) groups excluding carboxylic acids is 3. The van der Waals surface area contributed by atoms with Gasteiger partial charge < -0.3 is 20.3 Å². The minimum Gasteiger partial charge on any atom is -0.444 e. The summed E-state index contributed by atoms with van der Waals surface area (Å²) >= 11 is 0. The predicted molar refractivity (Wildman–Crippen MR) is 121 cm³/mol. The molecule has 3 amide bonds. The Labute approximate surface area is 185 Å². The van der Waals surface area contributed by atoms with E-state index in [1.807, 2.05) is 13.8 Å². The van der Waals surface area contributed by atoms with Crippen molar-refractivity contribution < 1.29 is 19.1 Å². The molecule has 0 heterocycles. The van der Waals surface area contributed by atoms with Crippen LogP contribution in [0, 0.1) is 12.3 Å². The molecule has 170 valence electrons. The summed E-state index contributed by atoms with van der Waals surface area (Å²) in [5.74, 6) is 1.87. The molecule has 1 aromatic carbocycles. The van der Waals surface area contributed by atoms with Gasteiger partial charge in [-0.2, -0.15) is 0 Å². The van der Waals surface area contributed by atoms with Crippen LogP contribution in [0.5, 0.6) is 0 Å². The Balaban J connectivity index is 3.16. The van der Waals surface area contributed by atoms with Crippen LogP contribution in [0.2, 0.25) is 0 Å². The highest BCUT2D eigenvalue weighted by Gasteiger charge is 2.32. The number of amides is 3. The molecule has 0 spiro atoms. The molecular weight excluding hydrogens is 394 g/mol. The largest absolute Gasteiger partial charge is 0.444 e. The van der Waals surface area contributed by atoms with Crippen molar-refractivity contribution in [2.24, 2.45) is 0 Å². The molecule has 2 unspecified atom stereocenters. The third-order valence-electron chi connectivity index (χ3n) is 4.53. The van der Waals surface area contributed by atoms with Gasteiger partial charge in [0.05, 0.1) is 0 Å². The second-order valence-corrected chi connectivity index (χ2v) is 8.37. The molecule has 0 aliphatic carbocycles. The molecule has 1 rings (SSSR count). The summed E-state index contributed by atoms with van der Waals surface area (Å²) in [5.41, 5.74) is 0.428. The zero-order chi connectivity index (χ0) is 23.6. The van der Waals surface area contributed by atoms with Gasteiger partial charge in [-0.1, -0.05) is 37.5 Å². The first-order valence-electron chi connectivity index (χ1n) is 10.7. The van der Waals surface area contributed by atoms with Gasteiger partial charge in [-0.25, -0.2) is 4.79 Å². The number of hydrogen-bond donors (Lipinski definition) is 2. The van der Waals surface area contributed by atoms with Gasteiger partial charge in [0, 0.05) is 18.2 Å². The van der Waals surface area contributed by atoms with Crippen LogP contribution in [0.3, 0.4) is 0 Å². The molecule has 0 fully saturated rings. The van der Waals surface area contributed by atoms with E-state index < -0.39 is 23.6 Å². The third-order valence-corrected chi connectivity index (χ3v) is 4.53. The van der Waals surface area contributed by atoms with Crippen molar-refractivity contribution in [3.8, 4) is 12.3 Å². The van der Waals surface area contributed by atoms with Crippen LogP contribution in [-0.2, 0) is 14.3 Å². The van der Waals surface area contributed by atoms with E-state index in [-0.39, 0.29) is 25.0 Å². The summed E-state index contributed by atoms with van der Waals surface area (Å²) in [5, 5.41) is 5.45. The van der Waals surface area contributed by atoms with Crippen LogP contribution in [-0.4, -0.2) is 47.5 Å². The van der Waals surface area contributed by atoms with Crippen molar-refractivity contribution in [2.45, 2.75) is 72.1 Å². The second kappa shape index (κ2) is 12.0. The maximum atomic E-state index is 13.2. The Morgan fingerprint density at radius 3 is 2.39 bits per heavy atom. The first kappa shape index (κ1) is 26.0. The normalized spacial score (nSPS) is 12.8. The highest BCUT2D eigenvalue weighted by Crippen LogP contribution is 2.25. The first-order chi connectivity index (χ1) is 14.5. The number of ether oxygens (including phenoxy) is 1. The van der Waals surface area contributed by atoms with Gasteiger partial charge in [0.2, 0.25) is 11.8 Å². The molecular formula is C24H35N3O4. The lowest BCUT2D eigenvalue weighted by atomic mass is 9.97. The first-order valence-corrected chi connectivity index (χ1v) is 10.7. The van der Waals surface area contributed by atoms with Crippen molar-refractivity contribution in [1.82, 2.24) is 15.5 Å². The van der Waals surface area contributed by atoms with Crippen LogP contribution >= 0.6 is 0 Å². The van der Waals surface area contributed by atoms with Gasteiger partial charge in [-0.05, 0) is 52.7 Å². The lowest BCUT2D eigenvalue weighted by Crippen LogP contribution is -2.49. The zero-order valence-electron chi connectivity index (χ0n) is 19.5. The number of benzene rings is 1. The van der Waals surface area contributed by atoms with Crippen LogP contribution in [0.1, 0.15) is 71.6 Å². The summed E-state index contributed by atoms with van der Waals surface area (Å²) in [6.07, 6.45) is 6.69. The number of likely N-dealkylation sites (N-methyl/N-ethyl adjacent to an activating group) is 1. The van der Waals surface area contributed by atoms with Gasteiger partial charge in [0.25, 0.3) is 0 Å². The second-order valence-electron chi connectivity index (χ2n) is 8.37. The molecule has 0 aliphatic rings. The van der Waals surface area contributed by atoms with Crippen molar-refractivity contribution >= 4 is 17.9 Å². The number of carbonyl (C=O) groups is 3. The average Bonchev–Trinajstić information content (AvgIpc) is 2.68. The maximum Gasteiger partial charge on any atom is 0.408 e. The van der Waals surface area contributed by atoms with Crippen LogP contribution in [0.15, 0.2) is 24.3 Å². The summed E-state index contributed by atoms with van der Waals surface area (Å²) in [6.45, 7) is 10.9. The number of alkyl carbamates (subject to hydrolysis) is 1. The van der Waals surface area contributed by atoms with Gasteiger partial charge >= 0.3 is 6.09 Å². The fourth-order valence-electron chi connectivity index (χ4n) is 3.21. The van der Waals surface area contributed by atoms with Crippen LogP contribution in [0.4, 0.5) is 4.79 Å². The van der Waals surface area contributed by atoms with Crippen molar-refractivity contribution in [2.75, 3.05) is 13.1 Å². The summed E-state index contributed by atoms with van der Waals surface area (Å²) < 4.78 is 5.18. The summed E-state index contributed by atoms with van der Waals surface area (Å²) in [6, 6.07) is 6.10. The monoisotopic (exact) mass is 429 g/mol. The van der Waals surface area contributed by atoms with E-state index in [9.17, 15) is 14.4 Å². The highest BCUT2D eigenvalue weighted by molar-refractivity contribution is 5.91. The average molecular weight is 430 g/mol. The fraction of sp³-hybridized carbons (Fsp3) is 0.542. The topological polar surface area (TPSA) is 87.7 Å². The molecule has 7 nitrogen and oxygen atoms in total. The van der Waals surface area contributed by atoms with Gasteiger partial charge in [-0.3, -0.25) is 9.59 Å². The number of nitrogens with one attached hydrogen (secondary N) is 2. The van der Waals surface area contributed by atoms with Gasteiger partial charge in [0.1, 0.15) is 18.2 Å². The molecule has 0 aliphatic heterocycles. The Kier molecular flexibility index (Phi) is 10.1. The smallest absolute Gasteiger partial charge is 0.408 e. The molecule has 2 atom stereocenters. The highest BCUT2D eigenvalue weighted by atomic mass is 16.6. The molecule has 2 N–H and O–H groups in total. The Morgan fingerprint density at radius 1 is 1.19 bits per heavy atom. The standard InChI is InChI=1S/C24H35N3O4/c1-8-13-17(4)26-22(29)21(19-15-12-11-14-18(19)9-2)27(10-3)20(28)16-25-23(30)31-24(5,6)7/h2,11-12,14-15,17,21H,8,10,13,16H2,1,3-7H3,(H,25,30)(H,26,29). The minimum atomic E-state index is -0.913. The van der Waals surface area contributed by atoms with E-state index in [0.29, 0.717) is 11.1 Å². The quantitative estimate of drug-likeness (QED) is 0.589. The fourth-order valence-corrected chi connectivity index (χ4v) is 3.21. The molecule has 0 bridgehead atoms. The molecule has 0 radical (unpaired) electrons. The molecule has 31 heavy (non-hydrogen) atoms. The maximum absolute atomic E-state index is 13.2. The Hall–Kier alpha value is -3.01. The predicted octanol–water partition coefficient (Wildman–Crippen LogP) is 3.39. The summed E-state index contributed by atoms with van der Waals surface area (Å²) in [7, 11) is 0. The number of terminal acetylenes is 1. The van der Waals surface area contributed by atoms with Crippen LogP contribution < -0.4 is 10.6 Å². The lowest BCUT2D eigenvalue weighted by molar-refractivity contribution is -0.140. The lowest BCUT2D eigenvalue weighted by Gasteiger charge is -2.32. The number of nitrogens with zero attached hydrogens (tertiary/aromatic N) is 1. The third kappa shape index (κ3) is 8.33. The van der Waals surface area contributed by atoms with Crippen molar-refractivity contribution in [3.05, 3.63) is 35.4 Å².